The van der Waals surface area contributed by atoms with Crippen LogP contribution >= 0.6 is 11.6 Å². The van der Waals surface area contributed by atoms with Gasteiger partial charge < -0.3 is 19.6 Å². The molecule has 2 aliphatic heterocycles. The molecule has 2 heterocycles. The lowest BCUT2D eigenvalue weighted by atomic mass is 9.33. The van der Waals surface area contributed by atoms with E-state index in [9.17, 15) is 0 Å². The third-order valence-electron chi connectivity index (χ3n) is 20.6. The summed E-state index contributed by atoms with van der Waals surface area (Å²) in [5, 5.41) is 0.667. The highest BCUT2D eigenvalue weighted by Crippen LogP contribution is 2.51. The third kappa shape index (κ3) is 14.7. The van der Waals surface area contributed by atoms with Crippen LogP contribution in [0, 0.1) is 0 Å². The Labute approximate surface area is 622 Å². The summed E-state index contributed by atoms with van der Waals surface area (Å²) in [5.74, 6) is 0. The third-order valence-corrected chi connectivity index (χ3v) is 21.0. The van der Waals surface area contributed by atoms with Crippen molar-refractivity contribution in [3.8, 4) is 22.3 Å². The van der Waals surface area contributed by atoms with Crippen LogP contribution in [0.3, 0.4) is 0 Å². The highest BCUT2D eigenvalue weighted by molar-refractivity contribution is 7.00. The van der Waals surface area contributed by atoms with Gasteiger partial charge in [0.15, 0.2) is 0 Å². The number of rotatable bonds is 10. The van der Waals surface area contributed by atoms with Gasteiger partial charge in [-0.05, 0) is 190 Å². The van der Waals surface area contributed by atoms with E-state index in [4.69, 9.17) is 11.6 Å². The standard InChI is InChI=1S/C48H49BN2.C48H51ClN2.CH4/c1-46(2,3)33-22-26-36(27-23-33)50-41-28-24-34(47(4,5)6)30-38(41)49-39-31-35(48(7,8)9)25-29-42(39)51(44-21-15-20-43(50)45(44)49)40-19-14-13-18-37(40)32-16-11-10-12-17-32;1-46(2,3)35-22-28-38(29-23-35)50(39-30-24-36(25-31-39)47(4,5)6)43-20-15-21-44(45(43)49)51(40-32-26-37(27-33-40)48(7,8)9)42-19-14-13-18-41(42)34-16-11-10-12-17-34;/h10-31H,1-9H3;10-33H,1-9H3;1H4. The Bertz CT molecular complexity index is 4920. The fraction of sp³-hybridized carbons (Fsp3) is 0.258. The molecule has 0 amide bonds. The van der Waals surface area contributed by atoms with Crippen LogP contribution in [-0.4, -0.2) is 6.71 Å². The van der Waals surface area contributed by atoms with E-state index in [2.05, 4.69) is 423 Å². The maximum Gasteiger partial charge on any atom is 0.252 e. The molecule has 2 aliphatic rings. The largest absolute Gasteiger partial charge is 0.311 e. The smallest absolute Gasteiger partial charge is 0.252 e. The van der Waals surface area contributed by atoms with Gasteiger partial charge in [-0.2, -0.15) is 0 Å². The van der Waals surface area contributed by atoms with Gasteiger partial charge >= 0.3 is 0 Å². The van der Waals surface area contributed by atoms with Crippen molar-refractivity contribution in [2.24, 2.45) is 0 Å². The molecule has 4 nitrogen and oxygen atoms in total. The van der Waals surface area contributed by atoms with E-state index in [-0.39, 0.29) is 46.6 Å². The number of nitrogens with zero attached hydrogens (tertiary/aromatic N) is 4. The zero-order chi connectivity index (χ0) is 72.4. The second-order valence-electron chi connectivity index (χ2n) is 34.1. The van der Waals surface area contributed by atoms with Gasteiger partial charge in [-0.1, -0.05) is 326 Å². The molecule has 0 atom stereocenters. The normalized spacial score (nSPS) is 12.9. The first-order valence-corrected chi connectivity index (χ1v) is 36.8. The minimum Gasteiger partial charge on any atom is -0.311 e. The molecule has 0 spiro atoms. The summed E-state index contributed by atoms with van der Waals surface area (Å²) in [4.78, 5) is 9.65. The lowest BCUT2D eigenvalue weighted by Crippen LogP contribution is -2.61. The molecule has 12 aromatic carbocycles. The summed E-state index contributed by atoms with van der Waals surface area (Å²) in [6.45, 7) is 41.2. The second-order valence-corrected chi connectivity index (χ2v) is 34.5. The van der Waals surface area contributed by atoms with Crippen LogP contribution in [0.2, 0.25) is 5.02 Å². The number of benzene rings is 12. The molecule has 0 N–H and O–H groups in total. The zero-order valence-corrected chi connectivity index (χ0v) is 64.1. The molecule has 0 saturated carbocycles. The molecule has 0 aromatic heterocycles. The highest BCUT2D eigenvalue weighted by atomic mass is 35.5. The molecule has 0 saturated heterocycles. The summed E-state index contributed by atoms with van der Waals surface area (Å²) in [6, 6.07) is 103. The Morgan fingerprint density at radius 1 is 0.272 bits per heavy atom. The molecular formula is C97H104BClN4. The Morgan fingerprint density at radius 2 is 0.592 bits per heavy atom. The molecule has 0 unspecified atom stereocenters. The topological polar surface area (TPSA) is 13.0 Å². The Kier molecular flexibility index (Phi) is 19.9. The Balaban J connectivity index is 0.000000192. The second kappa shape index (κ2) is 28.1. The fourth-order valence-electron chi connectivity index (χ4n) is 14.6. The van der Waals surface area contributed by atoms with Gasteiger partial charge in [-0.3, -0.25) is 0 Å². The van der Waals surface area contributed by atoms with Crippen LogP contribution in [0.1, 0.15) is 165 Å². The highest BCUT2D eigenvalue weighted by Gasteiger charge is 2.44. The predicted molar refractivity (Wildman–Crippen MR) is 451 cm³/mol. The van der Waals surface area contributed by atoms with Gasteiger partial charge in [0, 0.05) is 56.6 Å². The average Bonchev–Trinajstić information content (AvgIpc) is 0.696. The maximum atomic E-state index is 7.72. The Hall–Kier alpha value is -9.81. The minimum absolute atomic E-state index is 0. The summed E-state index contributed by atoms with van der Waals surface area (Å²) in [7, 11) is 0. The number of hydrogen-bond donors (Lipinski definition) is 0. The number of hydrogen-bond acceptors (Lipinski definition) is 4. The molecule has 522 valence electrons. The number of halogens is 1. The summed E-state index contributed by atoms with van der Waals surface area (Å²) < 4.78 is 0. The van der Waals surface area contributed by atoms with Crippen molar-refractivity contribution >= 4 is 103 Å². The van der Waals surface area contributed by atoms with Crippen molar-refractivity contribution in [3.63, 3.8) is 0 Å². The van der Waals surface area contributed by atoms with Crippen molar-refractivity contribution in [2.45, 2.75) is 165 Å². The lowest BCUT2D eigenvalue weighted by molar-refractivity contribution is 0.590. The summed E-state index contributed by atoms with van der Waals surface area (Å²) in [6.07, 6.45) is 0. The van der Waals surface area contributed by atoms with Gasteiger partial charge in [0.2, 0.25) is 0 Å². The lowest BCUT2D eigenvalue weighted by Gasteiger charge is -2.45. The van der Waals surface area contributed by atoms with Crippen molar-refractivity contribution in [2.75, 3.05) is 19.6 Å². The molecule has 103 heavy (non-hydrogen) atoms. The van der Waals surface area contributed by atoms with Gasteiger partial charge in [0.05, 0.1) is 27.8 Å². The Morgan fingerprint density at radius 3 is 1.04 bits per heavy atom. The molecule has 0 aliphatic carbocycles. The van der Waals surface area contributed by atoms with E-state index in [1.165, 1.54) is 95.0 Å². The van der Waals surface area contributed by atoms with Crippen LogP contribution in [-0.2, 0) is 32.5 Å². The minimum atomic E-state index is 0. The van der Waals surface area contributed by atoms with Crippen molar-refractivity contribution in [1.29, 1.82) is 0 Å². The van der Waals surface area contributed by atoms with E-state index < -0.39 is 0 Å². The zero-order valence-electron chi connectivity index (χ0n) is 63.3. The van der Waals surface area contributed by atoms with Crippen LogP contribution < -0.4 is 36.0 Å². The van der Waals surface area contributed by atoms with E-state index in [0.29, 0.717) is 5.02 Å². The molecule has 6 heteroatoms. The van der Waals surface area contributed by atoms with E-state index in [1.54, 1.807) is 0 Å². The fourth-order valence-corrected chi connectivity index (χ4v) is 14.9. The monoisotopic (exact) mass is 1370 g/mol. The summed E-state index contributed by atoms with van der Waals surface area (Å²) >= 11 is 7.72. The first kappa shape index (κ1) is 73.0. The van der Waals surface area contributed by atoms with E-state index >= 15 is 0 Å². The molecular weight excluding hydrogens is 1270 g/mol. The molecule has 14 rings (SSSR count). The van der Waals surface area contributed by atoms with Gasteiger partial charge in [-0.25, -0.2) is 0 Å². The van der Waals surface area contributed by atoms with E-state index in [0.717, 1.165) is 45.3 Å². The van der Waals surface area contributed by atoms with Crippen molar-refractivity contribution < 1.29 is 0 Å². The number of fused-ring (bicyclic) bond motifs is 4. The van der Waals surface area contributed by atoms with Crippen LogP contribution in [0.4, 0.5) is 68.2 Å². The number of para-hydroxylation sites is 2. The molecule has 0 fully saturated rings. The van der Waals surface area contributed by atoms with Crippen LogP contribution in [0.25, 0.3) is 22.3 Å². The first-order valence-electron chi connectivity index (χ1n) is 36.5. The van der Waals surface area contributed by atoms with Gasteiger partial charge in [0.25, 0.3) is 6.71 Å². The quantitative estimate of drug-likeness (QED) is 0.127. The van der Waals surface area contributed by atoms with Gasteiger partial charge in [0.1, 0.15) is 0 Å². The van der Waals surface area contributed by atoms with Crippen LogP contribution in [0.5, 0.6) is 0 Å². The molecule has 12 aromatic rings. The maximum absolute atomic E-state index is 7.72. The van der Waals surface area contributed by atoms with Crippen molar-refractivity contribution in [1.82, 2.24) is 0 Å². The van der Waals surface area contributed by atoms with Gasteiger partial charge in [-0.15, -0.1) is 0 Å². The SMILES string of the molecule is C.CC(C)(C)c1ccc(N(c2ccc(C(C)(C)C)cc2)c2cccc(N(c3ccc(C(C)(C)C)cc3)c3ccccc3-c3ccccc3)c2Cl)cc1.CC(C)(C)c1ccc(N2c3ccc(C(C)(C)C)cc3B3c4cc(C(C)(C)C)ccc4N(c4ccccc4-c4ccccc4)c4cccc2c43)cc1. The van der Waals surface area contributed by atoms with E-state index in [1.807, 2.05) is 0 Å². The summed E-state index contributed by atoms with van der Waals surface area (Å²) in [5.41, 5.74) is 30.3. The first-order chi connectivity index (χ1) is 48.3. The average molecular weight is 1370 g/mol. The van der Waals surface area contributed by atoms with Crippen LogP contribution in [0.15, 0.2) is 279 Å². The molecule has 0 bridgehead atoms. The van der Waals surface area contributed by atoms with Crippen molar-refractivity contribution in [3.05, 3.63) is 317 Å². The predicted octanol–water partition coefficient (Wildman–Crippen LogP) is 26.8. The number of anilines is 12. The molecule has 0 radical (unpaired) electrons.